The predicted molar refractivity (Wildman–Crippen MR) is 68.8 cm³/mol. The van der Waals surface area contributed by atoms with E-state index < -0.39 is 0 Å². The molecular weight excluding hydrogens is 228 g/mol. The highest BCUT2D eigenvalue weighted by atomic mass is 16.5. The minimum Gasteiger partial charge on any atom is -0.466 e. The maximum Gasteiger partial charge on any atom is 0.333 e. The molecule has 2 bridgehead atoms. The topological polar surface area (TPSA) is 43.4 Å². The SMILES string of the molecule is COC(=O)C1=C[C@H]2[C@@H](C(C)C)CC[C@]1(C)[C@@H]2C=O. The second-order valence-corrected chi connectivity index (χ2v) is 6.18. The third-order valence-corrected chi connectivity index (χ3v) is 5.02. The fraction of sp³-hybridized carbons (Fsp3) is 0.733. The molecule has 0 radical (unpaired) electrons. The van der Waals surface area contributed by atoms with Crippen LogP contribution in [0.5, 0.6) is 0 Å². The molecule has 0 aliphatic heterocycles. The number of methoxy groups -OCH3 is 1. The summed E-state index contributed by atoms with van der Waals surface area (Å²) in [7, 11) is 1.41. The lowest BCUT2D eigenvalue weighted by atomic mass is 9.60. The summed E-state index contributed by atoms with van der Waals surface area (Å²) in [4.78, 5) is 23.4. The number of ether oxygens (including phenoxy) is 1. The van der Waals surface area contributed by atoms with Crippen LogP contribution in [0.3, 0.4) is 0 Å². The molecule has 0 amide bonds. The smallest absolute Gasteiger partial charge is 0.333 e. The Hall–Kier alpha value is -1.12. The van der Waals surface area contributed by atoms with Gasteiger partial charge in [0.25, 0.3) is 0 Å². The zero-order valence-corrected chi connectivity index (χ0v) is 11.6. The normalized spacial score (nSPS) is 38.5. The Bertz CT molecular complexity index is 397. The van der Waals surface area contributed by atoms with Crippen LogP contribution in [-0.2, 0) is 14.3 Å². The Morgan fingerprint density at radius 2 is 2.22 bits per heavy atom. The van der Waals surface area contributed by atoms with E-state index in [0.29, 0.717) is 11.8 Å². The van der Waals surface area contributed by atoms with Crippen molar-refractivity contribution in [1.29, 1.82) is 0 Å². The number of carbonyl (C=O) groups is 2. The molecule has 0 aromatic carbocycles. The minimum absolute atomic E-state index is 0.0623. The number of aldehydes is 1. The highest BCUT2D eigenvalue weighted by Gasteiger charge is 2.54. The summed E-state index contributed by atoms with van der Waals surface area (Å²) in [6.07, 6.45) is 5.05. The first-order valence-electron chi connectivity index (χ1n) is 6.71. The molecule has 1 fully saturated rings. The van der Waals surface area contributed by atoms with E-state index >= 15 is 0 Å². The molecule has 0 aromatic rings. The van der Waals surface area contributed by atoms with Gasteiger partial charge in [-0.3, -0.25) is 0 Å². The van der Waals surface area contributed by atoms with Crippen molar-refractivity contribution in [3.05, 3.63) is 11.6 Å². The summed E-state index contributed by atoms with van der Waals surface area (Å²) in [6.45, 7) is 6.42. The van der Waals surface area contributed by atoms with E-state index in [1.165, 1.54) is 7.11 Å². The van der Waals surface area contributed by atoms with Gasteiger partial charge in [-0.15, -0.1) is 0 Å². The van der Waals surface area contributed by atoms with E-state index in [1.807, 2.05) is 13.0 Å². The Morgan fingerprint density at radius 1 is 1.56 bits per heavy atom. The van der Waals surface area contributed by atoms with E-state index in [1.54, 1.807) is 0 Å². The van der Waals surface area contributed by atoms with Crippen molar-refractivity contribution in [1.82, 2.24) is 0 Å². The summed E-state index contributed by atoms with van der Waals surface area (Å²) in [5.74, 6) is 0.907. The lowest BCUT2D eigenvalue weighted by molar-refractivity contribution is -0.138. The first-order valence-corrected chi connectivity index (χ1v) is 6.71. The van der Waals surface area contributed by atoms with Gasteiger partial charge in [-0.2, -0.15) is 0 Å². The van der Waals surface area contributed by atoms with Gasteiger partial charge in [-0.05, 0) is 30.6 Å². The van der Waals surface area contributed by atoms with Crippen LogP contribution in [0, 0.1) is 29.1 Å². The van der Waals surface area contributed by atoms with Crippen molar-refractivity contribution >= 4 is 12.3 Å². The highest BCUT2D eigenvalue weighted by Crippen LogP contribution is 2.57. The zero-order chi connectivity index (χ0) is 13.5. The van der Waals surface area contributed by atoms with Crippen molar-refractivity contribution in [2.75, 3.05) is 7.11 Å². The second kappa shape index (κ2) is 4.52. The predicted octanol–water partition coefficient (Wildman–Crippen LogP) is 2.60. The first-order chi connectivity index (χ1) is 8.45. The molecule has 18 heavy (non-hydrogen) atoms. The average Bonchev–Trinajstić information content (AvgIpc) is 2.52. The first kappa shape index (κ1) is 13.3. The summed E-state index contributed by atoms with van der Waals surface area (Å²) >= 11 is 0. The van der Waals surface area contributed by atoms with E-state index in [-0.39, 0.29) is 23.2 Å². The summed E-state index contributed by atoms with van der Waals surface area (Å²) in [5.41, 5.74) is 0.403. The fourth-order valence-electron chi connectivity index (χ4n) is 3.87. The maximum atomic E-state index is 11.9. The molecule has 3 nitrogen and oxygen atoms in total. The number of hydrogen-bond acceptors (Lipinski definition) is 3. The van der Waals surface area contributed by atoms with E-state index in [2.05, 4.69) is 13.8 Å². The van der Waals surface area contributed by atoms with Gasteiger partial charge in [-0.1, -0.05) is 26.8 Å². The van der Waals surface area contributed by atoms with Crippen molar-refractivity contribution in [3.63, 3.8) is 0 Å². The van der Waals surface area contributed by atoms with Gasteiger partial charge < -0.3 is 9.53 Å². The molecule has 4 atom stereocenters. The number of esters is 1. The number of hydrogen-bond donors (Lipinski definition) is 0. The Labute approximate surface area is 109 Å². The largest absolute Gasteiger partial charge is 0.466 e. The van der Waals surface area contributed by atoms with Crippen LogP contribution in [0.1, 0.15) is 33.6 Å². The van der Waals surface area contributed by atoms with E-state index in [4.69, 9.17) is 4.74 Å². The highest BCUT2D eigenvalue weighted by molar-refractivity contribution is 5.92. The summed E-state index contributed by atoms with van der Waals surface area (Å²) in [5, 5.41) is 0. The van der Waals surface area contributed by atoms with Crippen molar-refractivity contribution in [2.45, 2.75) is 33.6 Å². The lowest BCUT2D eigenvalue weighted by Gasteiger charge is -2.42. The minimum atomic E-state index is -0.315. The Kier molecular flexibility index (Phi) is 3.35. The molecule has 2 rings (SSSR count). The van der Waals surface area contributed by atoms with Crippen molar-refractivity contribution in [3.8, 4) is 0 Å². The van der Waals surface area contributed by atoms with Gasteiger partial charge in [0.15, 0.2) is 0 Å². The van der Waals surface area contributed by atoms with Crippen molar-refractivity contribution < 1.29 is 14.3 Å². The van der Waals surface area contributed by atoms with Crippen LogP contribution in [0.4, 0.5) is 0 Å². The van der Waals surface area contributed by atoms with Crippen LogP contribution in [0.15, 0.2) is 11.6 Å². The van der Waals surface area contributed by atoms with Gasteiger partial charge >= 0.3 is 5.97 Å². The van der Waals surface area contributed by atoms with E-state index in [9.17, 15) is 9.59 Å². The monoisotopic (exact) mass is 250 g/mol. The molecule has 0 N–H and O–H groups in total. The number of carbonyl (C=O) groups excluding carboxylic acids is 2. The van der Waals surface area contributed by atoms with Crippen LogP contribution in [0.2, 0.25) is 0 Å². The summed E-state index contributed by atoms with van der Waals surface area (Å²) in [6, 6.07) is 0. The fourth-order valence-corrected chi connectivity index (χ4v) is 3.87. The molecule has 0 spiro atoms. The molecular formula is C15H22O3. The second-order valence-electron chi connectivity index (χ2n) is 6.18. The Balaban J connectivity index is 2.41. The molecule has 100 valence electrons. The van der Waals surface area contributed by atoms with Crippen LogP contribution in [0.25, 0.3) is 0 Å². The third-order valence-electron chi connectivity index (χ3n) is 5.02. The maximum absolute atomic E-state index is 11.9. The standard InChI is InChI=1S/C15H22O3/c1-9(2)10-5-6-15(3)12(14(17)18-4)7-11(10)13(15)8-16/h7-11,13H,5-6H2,1-4H3/t10-,11+,13-,15+/m1/s1. The molecule has 0 saturated heterocycles. The molecule has 3 heteroatoms. The van der Waals surface area contributed by atoms with Gasteiger partial charge in [0.1, 0.15) is 6.29 Å². The van der Waals surface area contributed by atoms with Crippen molar-refractivity contribution in [2.24, 2.45) is 29.1 Å². The summed E-state index contributed by atoms with van der Waals surface area (Å²) < 4.78 is 4.87. The third kappa shape index (κ3) is 1.72. The average molecular weight is 250 g/mol. The number of allylic oxidation sites excluding steroid dienone is 1. The molecule has 0 unspecified atom stereocenters. The number of rotatable bonds is 3. The molecule has 2 aliphatic rings. The number of fused-ring (bicyclic) bond motifs is 2. The zero-order valence-electron chi connectivity index (χ0n) is 11.6. The van der Waals surface area contributed by atoms with Gasteiger partial charge in [0, 0.05) is 16.9 Å². The van der Waals surface area contributed by atoms with Gasteiger partial charge in [0.05, 0.1) is 7.11 Å². The molecule has 1 saturated carbocycles. The molecule has 0 heterocycles. The lowest BCUT2D eigenvalue weighted by Crippen LogP contribution is -2.40. The van der Waals surface area contributed by atoms with Crippen LogP contribution < -0.4 is 0 Å². The van der Waals surface area contributed by atoms with Crippen LogP contribution in [-0.4, -0.2) is 19.4 Å². The van der Waals surface area contributed by atoms with Gasteiger partial charge in [0.2, 0.25) is 0 Å². The Morgan fingerprint density at radius 3 is 2.72 bits per heavy atom. The van der Waals surface area contributed by atoms with Gasteiger partial charge in [-0.25, -0.2) is 4.79 Å². The quantitative estimate of drug-likeness (QED) is 0.571. The van der Waals surface area contributed by atoms with Crippen LogP contribution >= 0.6 is 0 Å². The van der Waals surface area contributed by atoms with E-state index in [0.717, 1.165) is 24.7 Å². The molecule has 2 aliphatic carbocycles. The molecule has 0 aromatic heterocycles.